The number of rotatable bonds is 7. The Hall–Kier alpha value is -3.10. The number of hydrogen-bond donors (Lipinski definition) is 1. The highest BCUT2D eigenvalue weighted by atomic mass is 35.5. The third-order valence-corrected chi connectivity index (χ3v) is 6.36. The van der Waals surface area contributed by atoms with Gasteiger partial charge in [-0.15, -0.1) is 0 Å². The van der Waals surface area contributed by atoms with E-state index in [4.69, 9.17) is 16.3 Å². The van der Waals surface area contributed by atoms with Crippen molar-refractivity contribution in [3.8, 4) is 0 Å². The molecule has 7 nitrogen and oxygen atoms in total. The fourth-order valence-electron chi connectivity index (χ4n) is 3.72. The normalized spacial score (nSPS) is 17.3. The molecule has 0 aliphatic carbocycles. The summed E-state index contributed by atoms with van der Waals surface area (Å²) in [5.41, 5.74) is 3.44. The van der Waals surface area contributed by atoms with Gasteiger partial charge in [0.25, 0.3) is 0 Å². The number of ether oxygens (including phenoxy) is 1. The highest BCUT2D eigenvalue weighted by Crippen LogP contribution is 2.44. The summed E-state index contributed by atoms with van der Waals surface area (Å²) in [5.74, 6) is -0.568. The third kappa shape index (κ3) is 5.12. The van der Waals surface area contributed by atoms with Crippen LogP contribution in [0.15, 0.2) is 76.0 Å². The third-order valence-electron chi connectivity index (χ3n) is 5.22. The number of amides is 1. The van der Waals surface area contributed by atoms with Gasteiger partial charge in [-0.05, 0) is 49.1 Å². The average molecular weight is 483 g/mol. The number of aromatic nitrogens is 1. The molecule has 1 aromatic heterocycles. The van der Waals surface area contributed by atoms with Gasteiger partial charge in [0.15, 0.2) is 5.17 Å². The Bertz CT molecular complexity index is 1150. The number of carbonyl (C=O) groups is 2. The van der Waals surface area contributed by atoms with Crippen LogP contribution in [0.1, 0.15) is 37.6 Å². The predicted molar refractivity (Wildman–Crippen MR) is 129 cm³/mol. The van der Waals surface area contributed by atoms with E-state index in [0.717, 1.165) is 17.0 Å². The molecule has 170 valence electrons. The number of nitrogens with zero attached hydrogens (tertiary/aromatic N) is 3. The van der Waals surface area contributed by atoms with E-state index in [9.17, 15) is 9.59 Å². The zero-order valence-corrected chi connectivity index (χ0v) is 19.8. The molecule has 0 bridgehead atoms. The summed E-state index contributed by atoms with van der Waals surface area (Å²) in [6.07, 6.45) is 1.83. The maximum Gasteiger partial charge on any atom is 0.338 e. The van der Waals surface area contributed by atoms with Crippen molar-refractivity contribution in [2.75, 3.05) is 6.61 Å². The lowest BCUT2D eigenvalue weighted by Crippen LogP contribution is -2.38. The largest absolute Gasteiger partial charge is 0.463 e. The first-order valence-electron chi connectivity index (χ1n) is 10.5. The maximum absolute atomic E-state index is 12.9. The number of nitrogens with one attached hydrogen (secondary N) is 1. The van der Waals surface area contributed by atoms with Crippen molar-refractivity contribution in [2.24, 2.45) is 4.99 Å². The number of halogens is 1. The number of carbonyl (C=O) groups excluding carboxylic acids is 2. The number of allylic oxidation sites excluding steroid dienone is 1. The van der Waals surface area contributed by atoms with Crippen LogP contribution in [0.25, 0.3) is 0 Å². The van der Waals surface area contributed by atoms with Crippen molar-refractivity contribution in [3.05, 3.63) is 87.3 Å². The van der Waals surface area contributed by atoms with Crippen molar-refractivity contribution in [2.45, 2.75) is 32.9 Å². The quantitative estimate of drug-likeness (QED) is 0.581. The monoisotopic (exact) mass is 482 g/mol. The number of fused-ring (bicyclic) bond motifs is 1. The first-order chi connectivity index (χ1) is 16.0. The van der Waals surface area contributed by atoms with E-state index >= 15 is 0 Å². The topological polar surface area (TPSA) is 83.9 Å². The summed E-state index contributed by atoms with van der Waals surface area (Å²) >= 11 is 7.54. The molecule has 1 aromatic carbocycles. The van der Waals surface area contributed by atoms with Crippen LogP contribution in [0.5, 0.6) is 0 Å². The number of amidine groups is 1. The first kappa shape index (κ1) is 23.1. The standard InChI is InChI=1S/C24H23ClN4O3S/c1-3-32-23(31)21-15(2)28-24-29(22(21)16-7-9-17(25)10-8-16)19(14-33-24)12-20(30)27-13-18-6-4-5-11-26-18/h4-11,14,22H,3,12-13H2,1-2H3,(H,27,30)/t22-/m1/s1. The van der Waals surface area contributed by atoms with E-state index in [0.29, 0.717) is 28.0 Å². The van der Waals surface area contributed by atoms with Crippen LogP contribution in [0, 0.1) is 0 Å². The van der Waals surface area contributed by atoms with E-state index in [1.807, 2.05) is 40.6 Å². The van der Waals surface area contributed by atoms with Crippen LogP contribution in [0.3, 0.4) is 0 Å². The lowest BCUT2D eigenvalue weighted by atomic mass is 9.94. The van der Waals surface area contributed by atoms with E-state index in [1.54, 1.807) is 32.2 Å². The fraction of sp³-hybridized carbons (Fsp3) is 0.250. The second-order valence-corrected chi connectivity index (χ2v) is 8.71. The van der Waals surface area contributed by atoms with Gasteiger partial charge in [0, 0.05) is 16.9 Å². The van der Waals surface area contributed by atoms with Crippen LogP contribution in [0.2, 0.25) is 5.02 Å². The summed E-state index contributed by atoms with van der Waals surface area (Å²) in [6.45, 7) is 4.17. The molecule has 3 heterocycles. The van der Waals surface area contributed by atoms with Crippen LogP contribution >= 0.6 is 23.4 Å². The van der Waals surface area contributed by atoms with Gasteiger partial charge >= 0.3 is 5.97 Å². The van der Waals surface area contributed by atoms with E-state index < -0.39 is 12.0 Å². The van der Waals surface area contributed by atoms with Crippen molar-refractivity contribution in [1.29, 1.82) is 0 Å². The molecule has 2 aliphatic rings. The molecular weight excluding hydrogens is 460 g/mol. The molecule has 2 aromatic rings. The van der Waals surface area contributed by atoms with Crippen molar-refractivity contribution < 1.29 is 14.3 Å². The van der Waals surface area contributed by atoms with E-state index in [2.05, 4.69) is 15.3 Å². The summed E-state index contributed by atoms with van der Waals surface area (Å²) in [4.78, 5) is 36.5. The highest BCUT2D eigenvalue weighted by Gasteiger charge is 2.41. The molecule has 1 N–H and O–H groups in total. The van der Waals surface area contributed by atoms with E-state index in [-0.39, 0.29) is 18.9 Å². The SMILES string of the molecule is CCOC(=O)C1=C(C)N=C2SC=C(CC(=O)NCc3ccccn3)N2[C@@H]1c1ccc(Cl)cc1. The number of pyridine rings is 1. The summed E-state index contributed by atoms with van der Waals surface area (Å²) < 4.78 is 5.35. The molecule has 4 rings (SSSR count). The molecule has 0 saturated heterocycles. The minimum Gasteiger partial charge on any atom is -0.463 e. The first-order valence-corrected chi connectivity index (χ1v) is 11.8. The fourth-order valence-corrected chi connectivity index (χ4v) is 4.81. The Balaban J connectivity index is 1.60. The summed E-state index contributed by atoms with van der Waals surface area (Å²) in [6, 6.07) is 12.4. The molecule has 1 atom stereocenters. The zero-order valence-electron chi connectivity index (χ0n) is 18.2. The van der Waals surface area contributed by atoms with Gasteiger partial charge in [0.05, 0.1) is 42.6 Å². The lowest BCUT2D eigenvalue weighted by molar-refractivity contribution is -0.139. The van der Waals surface area contributed by atoms with Gasteiger partial charge in [0.1, 0.15) is 0 Å². The Kier molecular flexibility index (Phi) is 7.15. The number of thioether (sulfide) groups is 1. The Morgan fingerprint density at radius 1 is 1.21 bits per heavy atom. The minimum absolute atomic E-state index is 0.137. The summed E-state index contributed by atoms with van der Waals surface area (Å²) in [7, 11) is 0. The van der Waals surface area contributed by atoms with Gasteiger partial charge in [-0.2, -0.15) is 0 Å². The maximum atomic E-state index is 12.9. The number of aliphatic imine (C=N–C) groups is 1. The molecule has 9 heteroatoms. The van der Waals surface area contributed by atoms with Gasteiger partial charge in [0.2, 0.25) is 5.91 Å². The molecular formula is C24H23ClN4O3S. The molecule has 1 amide bonds. The Morgan fingerprint density at radius 3 is 2.70 bits per heavy atom. The predicted octanol–water partition coefficient (Wildman–Crippen LogP) is 4.58. The van der Waals surface area contributed by atoms with Gasteiger partial charge in [-0.25, -0.2) is 9.79 Å². The van der Waals surface area contributed by atoms with Crippen molar-refractivity contribution >= 4 is 40.4 Å². The van der Waals surface area contributed by atoms with E-state index in [1.165, 1.54) is 11.8 Å². The minimum atomic E-state index is -0.473. The molecule has 0 radical (unpaired) electrons. The number of hydrogen-bond acceptors (Lipinski definition) is 7. The molecule has 2 aliphatic heterocycles. The second kappa shape index (κ2) is 10.2. The summed E-state index contributed by atoms with van der Waals surface area (Å²) in [5, 5.41) is 6.13. The Labute approximate surface area is 201 Å². The van der Waals surface area contributed by atoms with Crippen LogP contribution in [-0.2, 0) is 20.9 Å². The molecule has 33 heavy (non-hydrogen) atoms. The molecule has 0 spiro atoms. The van der Waals surface area contributed by atoms with Gasteiger partial charge < -0.3 is 15.0 Å². The number of benzene rings is 1. The smallest absolute Gasteiger partial charge is 0.338 e. The van der Waals surface area contributed by atoms with Crippen LogP contribution < -0.4 is 5.32 Å². The van der Waals surface area contributed by atoms with Crippen molar-refractivity contribution in [1.82, 2.24) is 15.2 Å². The van der Waals surface area contributed by atoms with Gasteiger partial charge in [-0.1, -0.05) is 41.6 Å². The molecule has 0 unspecified atom stereocenters. The number of esters is 1. The zero-order chi connectivity index (χ0) is 23.4. The van der Waals surface area contributed by atoms with Gasteiger partial charge in [-0.3, -0.25) is 9.78 Å². The van der Waals surface area contributed by atoms with Crippen molar-refractivity contribution in [3.63, 3.8) is 0 Å². The average Bonchev–Trinajstić information content (AvgIpc) is 3.20. The highest BCUT2D eigenvalue weighted by molar-refractivity contribution is 8.16. The Morgan fingerprint density at radius 2 is 2.00 bits per heavy atom. The van der Waals surface area contributed by atoms with Crippen LogP contribution in [0.4, 0.5) is 0 Å². The second-order valence-electron chi connectivity index (χ2n) is 7.44. The molecule has 0 fully saturated rings. The molecule has 0 saturated carbocycles. The lowest BCUT2D eigenvalue weighted by Gasteiger charge is -2.36. The van der Waals surface area contributed by atoms with Crippen LogP contribution in [-0.4, -0.2) is 33.5 Å².